The Morgan fingerprint density at radius 3 is 2.30 bits per heavy atom. The second kappa shape index (κ2) is 7.24. The summed E-state index contributed by atoms with van der Waals surface area (Å²) < 4.78 is 0. The van der Waals surface area contributed by atoms with Crippen molar-refractivity contribution in [1.82, 2.24) is 15.1 Å². The van der Waals surface area contributed by atoms with Gasteiger partial charge in [-0.2, -0.15) is 0 Å². The average Bonchev–Trinajstić information content (AvgIpc) is 2.36. The molecule has 2 unspecified atom stereocenters. The first-order valence-electron chi connectivity index (χ1n) is 8.63. The molecule has 3 nitrogen and oxygen atoms in total. The normalized spacial score (nSPS) is 29.7. The molecule has 2 aliphatic carbocycles. The smallest absolute Gasteiger partial charge is 0.0330 e. The predicted octanol–water partition coefficient (Wildman–Crippen LogP) is 2.57. The zero-order valence-electron chi connectivity index (χ0n) is 14.1. The molecule has 2 fully saturated rings. The molecule has 20 heavy (non-hydrogen) atoms. The second-order valence-corrected chi connectivity index (χ2v) is 7.53. The minimum Gasteiger partial charge on any atom is -0.312 e. The van der Waals surface area contributed by atoms with Gasteiger partial charge in [0.2, 0.25) is 0 Å². The van der Waals surface area contributed by atoms with Gasteiger partial charge in [-0.1, -0.05) is 19.8 Å². The minimum absolute atomic E-state index is 0.465. The van der Waals surface area contributed by atoms with E-state index < -0.39 is 0 Å². The SMILES string of the molecule is CC1CCCCC1NCCN(C)CC1(N(C)C)CCC1. The van der Waals surface area contributed by atoms with Crippen LogP contribution in [0.2, 0.25) is 0 Å². The van der Waals surface area contributed by atoms with E-state index in [1.54, 1.807) is 0 Å². The Morgan fingerprint density at radius 2 is 1.75 bits per heavy atom. The maximum atomic E-state index is 3.80. The van der Waals surface area contributed by atoms with Crippen LogP contribution in [0.5, 0.6) is 0 Å². The summed E-state index contributed by atoms with van der Waals surface area (Å²) in [6.07, 6.45) is 9.80. The standard InChI is InChI=1S/C17H35N3/c1-15-8-5-6-9-16(15)18-12-13-20(4)14-17(19(2)3)10-7-11-17/h15-16,18H,5-14H2,1-4H3. The number of hydrogen-bond donors (Lipinski definition) is 1. The molecule has 3 heteroatoms. The molecule has 0 radical (unpaired) electrons. The van der Waals surface area contributed by atoms with Gasteiger partial charge in [0.25, 0.3) is 0 Å². The van der Waals surface area contributed by atoms with Crippen LogP contribution in [0.4, 0.5) is 0 Å². The maximum absolute atomic E-state index is 3.80. The fourth-order valence-corrected chi connectivity index (χ4v) is 3.97. The molecule has 2 saturated carbocycles. The molecule has 2 atom stereocenters. The molecule has 0 aromatic carbocycles. The van der Waals surface area contributed by atoms with E-state index in [1.807, 2.05) is 0 Å². The van der Waals surface area contributed by atoms with Crippen LogP contribution >= 0.6 is 0 Å². The van der Waals surface area contributed by atoms with E-state index in [2.05, 4.69) is 43.2 Å². The largest absolute Gasteiger partial charge is 0.312 e. The van der Waals surface area contributed by atoms with E-state index in [0.29, 0.717) is 5.54 Å². The van der Waals surface area contributed by atoms with Gasteiger partial charge in [0.1, 0.15) is 0 Å². The minimum atomic E-state index is 0.465. The van der Waals surface area contributed by atoms with Crippen molar-refractivity contribution in [2.24, 2.45) is 5.92 Å². The summed E-state index contributed by atoms with van der Waals surface area (Å²) in [4.78, 5) is 4.98. The van der Waals surface area contributed by atoms with Gasteiger partial charge in [-0.15, -0.1) is 0 Å². The fraction of sp³-hybridized carbons (Fsp3) is 1.00. The summed E-state index contributed by atoms with van der Waals surface area (Å²) in [5.41, 5.74) is 0.465. The van der Waals surface area contributed by atoms with Crippen LogP contribution in [-0.4, -0.2) is 62.2 Å². The van der Waals surface area contributed by atoms with Crippen LogP contribution in [0.25, 0.3) is 0 Å². The van der Waals surface area contributed by atoms with Crippen molar-refractivity contribution < 1.29 is 0 Å². The molecule has 0 spiro atoms. The van der Waals surface area contributed by atoms with Crippen LogP contribution in [0.3, 0.4) is 0 Å². The summed E-state index contributed by atoms with van der Waals surface area (Å²) in [7, 11) is 6.78. The number of nitrogens with one attached hydrogen (secondary N) is 1. The monoisotopic (exact) mass is 281 g/mol. The van der Waals surface area contributed by atoms with Gasteiger partial charge in [0.05, 0.1) is 0 Å². The van der Waals surface area contributed by atoms with Crippen LogP contribution < -0.4 is 5.32 Å². The van der Waals surface area contributed by atoms with E-state index >= 15 is 0 Å². The lowest BCUT2D eigenvalue weighted by molar-refractivity contribution is 0.0278. The summed E-state index contributed by atoms with van der Waals surface area (Å²) in [5, 5.41) is 3.80. The molecule has 2 aliphatic rings. The number of hydrogen-bond acceptors (Lipinski definition) is 3. The Hall–Kier alpha value is -0.120. The lowest BCUT2D eigenvalue weighted by atomic mass is 9.75. The predicted molar refractivity (Wildman–Crippen MR) is 87.2 cm³/mol. The van der Waals surface area contributed by atoms with E-state index in [0.717, 1.165) is 18.5 Å². The first-order chi connectivity index (χ1) is 9.53. The van der Waals surface area contributed by atoms with Gasteiger partial charge >= 0.3 is 0 Å². The first-order valence-corrected chi connectivity index (χ1v) is 8.63. The third kappa shape index (κ3) is 3.96. The molecule has 0 heterocycles. The van der Waals surface area contributed by atoms with Crippen molar-refractivity contribution in [2.45, 2.75) is 63.5 Å². The highest BCUT2D eigenvalue weighted by atomic mass is 15.2. The maximum Gasteiger partial charge on any atom is 0.0330 e. The molecular formula is C17H35N3. The van der Waals surface area contributed by atoms with Gasteiger partial charge in [0.15, 0.2) is 0 Å². The highest BCUT2D eigenvalue weighted by molar-refractivity contribution is 4.97. The van der Waals surface area contributed by atoms with E-state index in [4.69, 9.17) is 0 Å². The third-order valence-corrected chi connectivity index (χ3v) is 5.81. The van der Waals surface area contributed by atoms with Crippen LogP contribution in [0, 0.1) is 5.92 Å². The molecule has 0 saturated heterocycles. The molecule has 0 bridgehead atoms. The second-order valence-electron chi connectivity index (χ2n) is 7.53. The van der Waals surface area contributed by atoms with Crippen LogP contribution in [0.15, 0.2) is 0 Å². The fourth-order valence-electron chi connectivity index (χ4n) is 3.97. The van der Waals surface area contributed by atoms with Crippen molar-refractivity contribution in [1.29, 1.82) is 0 Å². The highest BCUT2D eigenvalue weighted by Gasteiger charge is 2.39. The van der Waals surface area contributed by atoms with Crippen molar-refractivity contribution in [3.8, 4) is 0 Å². The summed E-state index contributed by atoms with van der Waals surface area (Å²) in [5.74, 6) is 0.869. The van der Waals surface area contributed by atoms with E-state index in [1.165, 1.54) is 58.0 Å². The first kappa shape index (κ1) is 16.3. The Kier molecular flexibility index (Phi) is 5.88. The molecular weight excluding hydrogens is 246 g/mol. The van der Waals surface area contributed by atoms with E-state index in [9.17, 15) is 0 Å². The lowest BCUT2D eigenvalue weighted by Gasteiger charge is -2.49. The average molecular weight is 281 g/mol. The quantitative estimate of drug-likeness (QED) is 0.774. The van der Waals surface area contributed by atoms with Gasteiger partial charge in [-0.25, -0.2) is 0 Å². The summed E-state index contributed by atoms with van der Waals surface area (Å²) in [6.45, 7) is 5.96. The van der Waals surface area contributed by atoms with Crippen molar-refractivity contribution in [3.63, 3.8) is 0 Å². The van der Waals surface area contributed by atoms with Gasteiger partial charge in [-0.05, 0) is 59.2 Å². The molecule has 0 aliphatic heterocycles. The molecule has 118 valence electrons. The zero-order valence-corrected chi connectivity index (χ0v) is 14.1. The number of rotatable bonds is 7. The van der Waals surface area contributed by atoms with E-state index in [-0.39, 0.29) is 0 Å². The van der Waals surface area contributed by atoms with Crippen LogP contribution in [-0.2, 0) is 0 Å². The molecule has 1 N–H and O–H groups in total. The Labute approximate surface area is 126 Å². The molecule has 0 amide bonds. The van der Waals surface area contributed by atoms with Gasteiger partial charge in [-0.3, -0.25) is 0 Å². The van der Waals surface area contributed by atoms with Crippen molar-refractivity contribution >= 4 is 0 Å². The Balaban J connectivity index is 1.66. The summed E-state index contributed by atoms with van der Waals surface area (Å²) >= 11 is 0. The summed E-state index contributed by atoms with van der Waals surface area (Å²) in [6, 6.07) is 0.767. The van der Waals surface area contributed by atoms with Gasteiger partial charge in [0, 0.05) is 31.2 Å². The van der Waals surface area contributed by atoms with Crippen LogP contribution in [0.1, 0.15) is 51.9 Å². The molecule has 2 rings (SSSR count). The van der Waals surface area contributed by atoms with Crippen molar-refractivity contribution in [3.05, 3.63) is 0 Å². The number of likely N-dealkylation sites (N-methyl/N-ethyl adjacent to an activating group) is 2. The molecule has 0 aromatic heterocycles. The Bertz CT molecular complexity index is 286. The lowest BCUT2D eigenvalue weighted by Crippen LogP contribution is -2.57. The van der Waals surface area contributed by atoms with Crippen molar-refractivity contribution in [2.75, 3.05) is 40.8 Å². The highest BCUT2D eigenvalue weighted by Crippen LogP contribution is 2.36. The molecule has 0 aromatic rings. The third-order valence-electron chi connectivity index (χ3n) is 5.81. The zero-order chi connectivity index (χ0) is 14.6. The van der Waals surface area contributed by atoms with Gasteiger partial charge < -0.3 is 15.1 Å². The topological polar surface area (TPSA) is 18.5 Å². The Morgan fingerprint density at radius 1 is 1.05 bits per heavy atom. The number of nitrogens with zero attached hydrogens (tertiary/aromatic N) is 2.